The number of halogens is 1. The third kappa shape index (κ3) is 3.57. The van der Waals surface area contributed by atoms with Crippen LogP contribution in [0.25, 0.3) is 0 Å². The monoisotopic (exact) mass is 279 g/mol. The van der Waals surface area contributed by atoms with Crippen LogP contribution in [-0.2, 0) is 4.79 Å². The highest BCUT2D eigenvalue weighted by molar-refractivity contribution is 5.69. The Kier molecular flexibility index (Phi) is 5.12. The minimum Gasteiger partial charge on any atom is -0.480 e. The Morgan fingerprint density at radius 3 is 2.70 bits per heavy atom. The van der Waals surface area contributed by atoms with Crippen molar-refractivity contribution in [1.29, 1.82) is 0 Å². The van der Waals surface area contributed by atoms with Gasteiger partial charge in [0, 0.05) is 12.1 Å². The van der Waals surface area contributed by atoms with E-state index in [1.54, 1.807) is 6.07 Å². The molecule has 0 bridgehead atoms. The van der Waals surface area contributed by atoms with Crippen molar-refractivity contribution in [2.24, 2.45) is 0 Å². The molecule has 2 rings (SSSR count). The van der Waals surface area contributed by atoms with Crippen LogP contribution in [0.1, 0.15) is 50.6 Å². The molecule has 1 aliphatic rings. The Hall–Kier alpha value is -1.42. The number of rotatable bonds is 6. The molecule has 1 aromatic rings. The van der Waals surface area contributed by atoms with Gasteiger partial charge in [-0.05, 0) is 37.0 Å². The highest BCUT2D eigenvalue weighted by Gasteiger charge is 2.30. The quantitative estimate of drug-likeness (QED) is 0.865. The first-order chi connectivity index (χ1) is 9.61. The fraction of sp³-hybridized carbons (Fsp3) is 0.562. The Balaban J connectivity index is 2.25. The average Bonchev–Trinajstić information content (AvgIpc) is 2.92. The summed E-state index contributed by atoms with van der Waals surface area (Å²) in [6.07, 6.45) is 5.17. The van der Waals surface area contributed by atoms with Gasteiger partial charge >= 0.3 is 5.97 Å². The molecule has 1 atom stereocenters. The fourth-order valence-corrected chi connectivity index (χ4v) is 3.26. The van der Waals surface area contributed by atoms with E-state index in [0.717, 1.165) is 37.7 Å². The van der Waals surface area contributed by atoms with Crippen molar-refractivity contribution in [1.82, 2.24) is 4.90 Å². The van der Waals surface area contributed by atoms with Gasteiger partial charge in [-0.1, -0.05) is 31.9 Å². The van der Waals surface area contributed by atoms with Gasteiger partial charge in [-0.25, -0.2) is 4.39 Å². The summed E-state index contributed by atoms with van der Waals surface area (Å²) in [7, 11) is 0. The van der Waals surface area contributed by atoms with Crippen molar-refractivity contribution in [2.45, 2.75) is 51.1 Å². The summed E-state index contributed by atoms with van der Waals surface area (Å²) in [5, 5.41) is 9.17. The standard InChI is InChI=1S/C16H22FNO2/c1-2-15(12-6-5-7-13(17)10-12)18(11-16(19)20)14-8-3-4-9-14/h5-7,10,14-15H,2-4,8-9,11H2,1H3,(H,19,20). The van der Waals surface area contributed by atoms with Crippen molar-refractivity contribution in [2.75, 3.05) is 6.54 Å². The molecule has 0 heterocycles. The number of benzene rings is 1. The second-order valence-electron chi connectivity index (χ2n) is 5.48. The summed E-state index contributed by atoms with van der Waals surface area (Å²) in [6, 6.07) is 6.82. The molecule has 3 nitrogen and oxygen atoms in total. The van der Waals surface area contributed by atoms with Crippen molar-refractivity contribution >= 4 is 5.97 Å². The van der Waals surface area contributed by atoms with Crippen LogP contribution in [0.15, 0.2) is 24.3 Å². The average molecular weight is 279 g/mol. The van der Waals surface area contributed by atoms with Crippen LogP contribution in [0.4, 0.5) is 4.39 Å². The SMILES string of the molecule is CCC(c1cccc(F)c1)N(CC(=O)O)C1CCCC1. The lowest BCUT2D eigenvalue weighted by Crippen LogP contribution is -2.40. The van der Waals surface area contributed by atoms with Crippen LogP contribution < -0.4 is 0 Å². The van der Waals surface area contributed by atoms with E-state index in [0.29, 0.717) is 6.04 Å². The Bertz CT molecular complexity index is 458. The van der Waals surface area contributed by atoms with Crippen molar-refractivity contribution in [3.63, 3.8) is 0 Å². The highest BCUT2D eigenvalue weighted by Crippen LogP contribution is 2.33. The second kappa shape index (κ2) is 6.84. The molecule has 1 saturated carbocycles. The third-order valence-electron chi connectivity index (χ3n) is 4.13. The zero-order valence-electron chi connectivity index (χ0n) is 11.9. The number of hydrogen-bond donors (Lipinski definition) is 1. The van der Waals surface area contributed by atoms with Gasteiger partial charge in [-0.15, -0.1) is 0 Å². The van der Waals surface area contributed by atoms with E-state index in [1.165, 1.54) is 12.1 Å². The predicted molar refractivity (Wildman–Crippen MR) is 76.0 cm³/mol. The second-order valence-corrected chi connectivity index (χ2v) is 5.48. The van der Waals surface area contributed by atoms with Crippen molar-refractivity contribution in [3.05, 3.63) is 35.6 Å². The fourth-order valence-electron chi connectivity index (χ4n) is 3.26. The van der Waals surface area contributed by atoms with E-state index in [2.05, 4.69) is 0 Å². The summed E-state index contributed by atoms with van der Waals surface area (Å²) in [5.41, 5.74) is 0.876. The number of hydrogen-bond acceptors (Lipinski definition) is 2. The van der Waals surface area contributed by atoms with E-state index in [-0.39, 0.29) is 18.4 Å². The summed E-state index contributed by atoms with van der Waals surface area (Å²) >= 11 is 0. The molecule has 4 heteroatoms. The van der Waals surface area contributed by atoms with Crippen molar-refractivity contribution < 1.29 is 14.3 Å². The first kappa shape index (κ1) is 15.0. The molecule has 0 aliphatic heterocycles. The molecule has 1 N–H and O–H groups in total. The first-order valence-corrected chi connectivity index (χ1v) is 7.34. The third-order valence-corrected chi connectivity index (χ3v) is 4.13. The molecule has 0 saturated heterocycles. The molecule has 20 heavy (non-hydrogen) atoms. The zero-order valence-corrected chi connectivity index (χ0v) is 11.9. The van der Waals surface area contributed by atoms with E-state index < -0.39 is 5.97 Å². The largest absolute Gasteiger partial charge is 0.480 e. The van der Waals surface area contributed by atoms with Gasteiger partial charge in [-0.3, -0.25) is 9.69 Å². The van der Waals surface area contributed by atoms with Gasteiger partial charge in [0.2, 0.25) is 0 Å². The minimum atomic E-state index is -0.813. The molecule has 0 spiro atoms. The molecule has 0 amide bonds. The lowest BCUT2D eigenvalue weighted by atomic mass is 10.00. The first-order valence-electron chi connectivity index (χ1n) is 7.34. The molecule has 1 unspecified atom stereocenters. The summed E-state index contributed by atoms with van der Waals surface area (Å²) in [5.74, 6) is -1.07. The van der Waals surface area contributed by atoms with Gasteiger partial charge in [0.15, 0.2) is 0 Å². The summed E-state index contributed by atoms with van der Waals surface area (Å²) < 4.78 is 13.4. The number of aliphatic carboxylic acids is 1. The summed E-state index contributed by atoms with van der Waals surface area (Å²) in [4.78, 5) is 13.2. The van der Waals surface area contributed by atoms with E-state index in [1.807, 2.05) is 17.9 Å². The molecule has 1 aromatic carbocycles. The van der Waals surface area contributed by atoms with E-state index in [4.69, 9.17) is 0 Å². The molecular weight excluding hydrogens is 257 g/mol. The number of nitrogens with zero attached hydrogens (tertiary/aromatic N) is 1. The predicted octanol–water partition coefficient (Wildman–Crippen LogP) is 3.61. The van der Waals surface area contributed by atoms with Crippen LogP contribution >= 0.6 is 0 Å². The molecule has 0 radical (unpaired) electrons. The van der Waals surface area contributed by atoms with Gasteiger partial charge in [0.05, 0.1) is 6.54 Å². The lowest BCUT2D eigenvalue weighted by Gasteiger charge is -2.35. The molecule has 1 fully saturated rings. The smallest absolute Gasteiger partial charge is 0.317 e. The minimum absolute atomic E-state index is 0.0232. The molecule has 1 aliphatic carbocycles. The Morgan fingerprint density at radius 2 is 2.15 bits per heavy atom. The van der Waals surface area contributed by atoms with Gasteiger partial charge in [0.1, 0.15) is 5.82 Å². The topological polar surface area (TPSA) is 40.5 Å². The maximum atomic E-state index is 13.4. The normalized spacial score (nSPS) is 17.6. The van der Waals surface area contributed by atoms with E-state index in [9.17, 15) is 14.3 Å². The maximum absolute atomic E-state index is 13.4. The van der Waals surface area contributed by atoms with E-state index >= 15 is 0 Å². The highest BCUT2D eigenvalue weighted by atomic mass is 19.1. The van der Waals surface area contributed by atoms with Crippen molar-refractivity contribution in [3.8, 4) is 0 Å². The molecular formula is C16H22FNO2. The Labute approximate surface area is 119 Å². The van der Waals surface area contributed by atoms with Gasteiger partial charge in [-0.2, -0.15) is 0 Å². The molecule has 110 valence electrons. The number of carbonyl (C=O) groups is 1. The maximum Gasteiger partial charge on any atom is 0.317 e. The lowest BCUT2D eigenvalue weighted by molar-refractivity contribution is -0.139. The molecule has 0 aromatic heterocycles. The van der Waals surface area contributed by atoms with Crippen LogP contribution in [0, 0.1) is 5.82 Å². The Morgan fingerprint density at radius 1 is 1.45 bits per heavy atom. The summed E-state index contributed by atoms with van der Waals surface area (Å²) in [6.45, 7) is 2.05. The van der Waals surface area contributed by atoms with Gasteiger partial charge < -0.3 is 5.11 Å². The zero-order chi connectivity index (χ0) is 14.5. The van der Waals surface area contributed by atoms with Crippen LogP contribution in [-0.4, -0.2) is 28.6 Å². The van der Waals surface area contributed by atoms with Crippen LogP contribution in [0.5, 0.6) is 0 Å². The van der Waals surface area contributed by atoms with Gasteiger partial charge in [0.25, 0.3) is 0 Å². The number of carboxylic acids is 1. The van der Waals surface area contributed by atoms with Crippen LogP contribution in [0.3, 0.4) is 0 Å². The van der Waals surface area contributed by atoms with Crippen LogP contribution in [0.2, 0.25) is 0 Å². The number of carboxylic acid groups (broad SMARTS) is 1.